The molecule has 192 valence electrons. The van der Waals surface area contributed by atoms with Gasteiger partial charge in [0.2, 0.25) is 0 Å². The molecule has 0 atom stereocenters. The van der Waals surface area contributed by atoms with Gasteiger partial charge in [-0.1, -0.05) is 151 Å². The average Bonchev–Trinajstić information content (AvgIpc) is 3.29. The van der Waals surface area contributed by atoms with E-state index in [0.29, 0.717) is 0 Å². The minimum Gasteiger partial charge on any atom is -0.284 e. The van der Waals surface area contributed by atoms with E-state index >= 15 is 0 Å². The second kappa shape index (κ2) is 13.2. The maximum absolute atomic E-state index is 5.62. The van der Waals surface area contributed by atoms with Crippen LogP contribution in [0.3, 0.4) is 0 Å². The van der Waals surface area contributed by atoms with Crippen molar-refractivity contribution in [1.29, 1.82) is 0 Å². The Hall–Kier alpha value is -1.01. The Balaban J connectivity index is 0.000000354. The Morgan fingerprint density at radius 1 is 0.667 bits per heavy atom. The number of hydrogen-bond acceptors (Lipinski definition) is 1. The number of benzene rings is 2. The number of nitrogens with zero attached hydrogens (tertiary/aromatic N) is 1. The van der Waals surface area contributed by atoms with Crippen molar-refractivity contribution < 1.29 is 21.7 Å². The van der Waals surface area contributed by atoms with E-state index < -0.39 is 28.9 Å². The first-order valence-corrected chi connectivity index (χ1v) is 27.4. The van der Waals surface area contributed by atoms with Crippen LogP contribution in [0.15, 0.2) is 102 Å². The first-order chi connectivity index (χ1) is 16.1. The van der Waals surface area contributed by atoms with Gasteiger partial charge in [0.25, 0.3) is 0 Å². The van der Waals surface area contributed by atoms with E-state index in [1.54, 1.807) is 0 Å². The molecule has 0 N–H and O–H groups in total. The molecule has 6 heteroatoms. The monoisotopic (exact) mass is 583 g/mol. The number of allylic oxidation sites excluding steroid dienone is 5. The molecule has 0 saturated heterocycles. The van der Waals surface area contributed by atoms with Crippen LogP contribution < -0.4 is 0 Å². The molecule has 0 spiro atoms. The molecule has 0 bridgehead atoms. The Morgan fingerprint density at radius 2 is 1.03 bits per heavy atom. The Bertz CT molecular complexity index is 1050. The number of hydrogen-bond donors (Lipinski definition) is 0. The van der Waals surface area contributed by atoms with Crippen molar-refractivity contribution in [3.63, 3.8) is 0 Å². The fraction of sp³-hybridized carbons (Fsp3) is 0.333. The number of rotatable bonds is 7. The third-order valence-corrected chi connectivity index (χ3v) is 67.5. The molecule has 1 nitrogen and oxygen atoms in total. The van der Waals surface area contributed by atoms with E-state index in [1.807, 2.05) is 36.4 Å². The fourth-order valence-electron chi connectivity index (χ4n) is 5.80. The van der Waals surface area contributed by atoms with Gasteiger partial charge in [-0.2, -0.15) is 0 Å². The molecule has 0 heterocycles. The molecule has 1 aliphatic rings. The standard InChI is InChI=1S/C16H14.C14H32NPSi3.Ti/c1-13(15-9-5-3-6-10-15)14(2)16-11-7-4-8-12-16;1-17(2,3)16(18(4,5)6,19(7,8)9)15-14-12-10-11-13-14;/h3-12H,1-2H2;10-12H,13H2,1-9H3;. The van der Waals surface area contributed by atoms with E-state index in [0.717, 1.165) is 28.7 Å². The van der Waals surface area contributed by atoms with Gasteiger partial charge < -0.3 is 0 Å². The molecule has 0 fully saturated rings. The summed E-state index contributed by atoms with van der Waals surface area (Å²) in [4.78, 5) is 0. The van der Waals surface area contributed by atoms with E-state index in [9.17, 15) is 0 Å². The predicted molar refractivity (Wildman–Crippen MR) is 172 cm³/mol. The van der Waals surface area contributed by atoms with E-state index in [2.05, 4.69) is 115 Å². The molecule has 0 aromatic heterocycles. The minimum atomic E-state index is -1.28. The van der Waals surface area contributed by atoms with Crippen LogP contribution in [0, 0.1) is 0 Å². The van der Waals surface area contributed by atoms with Crippen LogP contribution in [0.1, 0.15) is 17.5 Å². The van der Waals surface area contributed by atoms with Gasteiger partial charge in [-0.3, -0.25) is 4.74 Å². The topological polar surface area (TPSA) is 12.4 Å². The molecule has 3 rings (SSSR count). The zero-order valence-corrected chi connectivity index (χ0v) is 29.5. The van der Waals surface area contributed by atoms with E-state index in [-0.39, 0.29) is 21.7 Å². The van der Waals surface area contributed by atoms with Gasteiger partial charge in [0.15, 0.2) is 0 Å². The van der Waals surface area contributed by atoms with Crippen LogP contribution >= 0.6 is 5.70 Å². The summed E-state index contributed by atoms with van der Waals surface area (Å²) in [5.41, 5.74) is 4.41. The fourth-order valence-corrected chi connectivity index (χ4v) is 89.6. The van der Waals surface area contributed by atoms with Crippen molar-refractivity contribution in [3.05, 3.63) is 109 Å². The summed E-state index contributed by atoms with van der Waals surface area (Å²) in [5, 5.41) is 0. The molecule has 1 aliphatic carbocycles. The summed E-state index contributed by atoms with van der Waals surface area (Å²) in [7, 11) is -3.83. The summed E-state index contributed by atoms with van der Waals surface area (Å²) in [5.74, 6) is 0. The second-order valence-corrected chi connectivity index (χ2v) is 48.6. The second-order valence-electron chi connectivity index (χ2n) is 12.2. The van der Waals surface area contributed by atoms with Gasteiger partial charge in [-0.05, 0) is 28.3 Å². The van der Waals surface area contributed by atoms with Gasteiger partial charge in [0.1, 0.15) is 0 Å². The molecular formula is C30H46NPSi3Ti. The smallest absolute Gasteiger partial charge is 0.0843 e. The predicted octanol–water partition coefficient (Wildman–Crippen LogP) is 10.9. The minimum absolute atomic E-state index is 0. The van der Waals surface area contributed by atoms with Crippen molar-refractivity contribution in [1.82, 2.24) is 0 Å². The molecule has 0 unspecified atom stereocenters. The molecule has 2 aromatic carbocycles. The molecule has 0 amide bonds. The van der Waals surface area contributed by atoms with Gasteiger partial charge in [-0.15, -0.1) is 0 Å². The van der Waals surface area contributed by atoms with Crippen LogP contribution in [0.5, 0.6) is 0 Å². The normalized spacial score (nSPS) is 13.6. The maximum atomic E-state index is 5.62. The van der Waals surface area contributed by atoms with Crippen LogP contribution in [-0.4, -0.2) is 23.2 Å². The summed E-state index contributed by atoms with van der Waals surface area (Å²) in [6.07, 6.45) is 7.77. The van der Waals surface area contributed by atoms with Crippen LogP contribution in [0.25, 0.3) is 11.1 Å². The molecule has 0 aliphatic heterocycles. The van der Waals surface area contributed by atoms with Crippen molar-refractivity contribution in [2.45, 2.75) is 65.3 Å². The Labute approximate surface area is 239 Å². The SMILES string of the molecule is C=C(C(=C)c1ccccc1)c1ccccc1.C[Si](C)(C)P(=NC1=CC=CC1)([Si](C)(C)C)[Si](C)(C)C.[Ti]. The molecular weight excluding hydrogens is 537 g/mol. The van der Waals surface area contributed by atoms with Crippen molar-refractivity contribution in [2.75, 3.05) is 0 Å². The average molecular weight is 584 g/mol. The van der Waals surface area contributed by atoms with Crippen LogP contribution in [0.2, 0.25) is 58.9 Å². The molecule has 2 aromatic rings. The van der Waals surface area contributed by atoms with E-state index in [4.69, 9.17) is 4.74 Å². The molecule has 0 saturated carbocycles. The van der Waals surface area contributed by atoms with Gasteiger partial charge in [-0.25, -0.2) is 0 Å². The van der Waals surface area contributed by atoms with Crippen molar-refractivity contribution >= 4 is 40.1 Å². The van der Waals surface area contributed by atoms with Crippen molar-refractivity contribution in [2.24, 2.45) is 4.74 Å². The van der Waals surface area contributed by atoms with E-state index in [1.165, 1.54) is 5.70 Å². The van der Waals surface area contributed by atoms with Gasteiger partial charge in [0.05, 0.1) is 23.2 Å². The zero-order valence-electron chi connectivity index (χ0n) is 24.0. The summed E-state index contributed by atoms with van der Waals surface area (Å²) >= 11 is 0. The first-order valence-electron chi connectivity index (χ1n) is 12.6. The molecule has 0 radical (unpaired) electrons. The summed E-state index contributed by atoms with van der Waals surface area (Å²) in [6.45, 7) is 31.5. The zero-order chi connectivity index (χ0) is 26.5. The third kappa shape index (κ3) is 7.76. The summed E-state index contributed by atoms with van der Waals surface area (Å²) < 4.78 is 5.62. The van der Waals surface area contributed by atoms with Crippen LogP contribution in [-0.2, 0) is 21.7 Å². The Kier molecular flexibility index (Phi) is 12.1. The molecule has 36 heavy (non-hydrogen) atoms. The van der Waals surface area contributed by atoms with Crippen LogP contribution in [0.4, 0.5) is 0 Å². The first kappa shape index (κ1) is 33.0. The van der Waals surface area contributed by atoms with Gasteiger partial charge >= 0.3 is 0 Å². The summed E-state index contributed by atoms with van der Waals surface area (Å²) in [6, 6.07) is 20.3. The quantitative estimate of drug-likeness (QED) is 0.175. The van der Waals surface area contributed by atoms with Gasteiger partial charge in [0, 0.05) is 33.8 Å². The maximum Gasteiger partial charge on any atom is 0.0843 e. The Morgan fingerprint density at radius 3 is 1.31 bits per heavy atom. The largest absolute Gasteiger partial charge is 0.284 e. The van der Waals surface area contributed by atoms with Crippen molar-refractivity contribution in [3.8, 4) is 0 Å². The third-order valence-electron chi connectivity index (χ3n) is 6.55.